The molecule has 0 aliphatic carbocycles. The van der Waals surface area contributed by atoms with Crippen molar-refractivity contribution >= 4 is 20.8 Å². The lowest BCUT2D eigenvalue weighted by Gasteiger charge is -2.44. The van der Waals surface area contributed by atoms with Gasteiger partial charge < -0.3 is 13.5 Å². The van der Waals surface area contributed by atoms with Crippen molar-refractivity contribution in [2.24, 2.45) is 0 Å². The molecule has 1 saturated heterocycles. The number of rotatable bonds is 5. The molecule has 1 aliphatic heterocycles. The summed E-state index contributed by atoms with van der Waals surface area (Å²) in [4.78, 5) is 0. The van der Waals surface area contributed by atoms with Crippen molar-refractivity contribution in [1.29, 1.82) is 0 Å². The zero-order chi connectivity index (χ0) is 19.4. The Hall–Kier alpha value is -0.588. The number of aromatic nitrogens is 1. The van der Waals surface area contributed by atoms with Crippen molar-refractivity contribution in [3.05, 3.63) is 18.2 Å². The average Bonchev–Trinajstić information content (AvgIpc) is 2.88. The molecular formula is C19H35BFNO2Si. The summed E-state index contributed by atoms with van der Waals surface area (Å²) in [6.07, 6.45) is 1.96. The van der Waals surface area contributed by atoms with E-state index in [1.165, 1.54) is 0 Å². The van der Waals surface area contributed by atoms with Crippen LogP contribution in [0.4, 0.5) is 4.39 Å². The Kier molecular flexibility index (Phi) is 5.42. The summed E-state index contributed by atoms with van der Waals surface area (Å²) in [6.45, 7) is 21.5. The topological polar surface area (TPSA) is 23.4 Å². The van der Waals surface area contributed by atoms with Gasteiger partial charge in [0, 0.05) is 5.46 Å². The Morgan fingerprint density at radius 1 is 0.920 bits per heavy atom. The van der Waals surface area contributed by atoms with Crippen molar-refractivity contribution < 1.29 is 13.7 Å². The molecule has 2 heterocycles. The van der Waals surface area contributed by atoms with Crippen molar-refractivity contribution in [3.63, 3.8) is 0 Å². The molecule has 0 spiro atoms. The summed E-state index contributed by atoms with van der Waals surface area (Å²) in [6, 6.07) is 1.61. The minimum Gasteiger partial charge on any atom is -0.399 e. The molecule has 0 amide bonds. The maximum atomic E-state index is 15.1. The molecule has 0 bridgehead atoms. The van der Waals surface area contributed by atoms with E-state index in [1.807, 2.05) is 38.1 Å². The summed E-state index contributed by atoms with van der Waals surface area (Å²) in [5.41, 5.74) is 1.24. The summed E-state index contributed by atoms with van der Waals surface area (Å²) in [7, 11) is -2.63. The van der Waals surface area contributed by atoms with E-state index < -0.39 is 26.6 Å². The van der Waals surface area contributed by atoms with E-state index >= 15 is 4.39 Å². The minimum atomic E-state index is -2.12. The van der Waals surface area contributed by atoms with Gasteiger partial charge in [-0.15, -0.1) is 0 Å². The third-order valence-electron chi connectivity index (χ3n) is 6.51. The van der Waals surface area contributed by atoms with E-state index in [4.69, 9.17) is 9.31 Å². The monoisotopic (exact) mass is 367 g/mol. The summed E-state index contributed by atoms with van der Waals surface area (Å²) >= 11 is 0. The Labute approximate surface area is 154 Å². The van der Waals surface area contributed by atoms with Crippen LogP contribution in [-0.2, 0) is 9.31 Å². The van der Waals surface area contributed by atoms with E-state index in [9.17, 15) is 0 Å². The maximum Gasteiger partial charge on any atom is 0.496 e. The maximum absolute atomic E-state index is 15.1. The highest BCUT2D eigenvalue weighted by Crippen LogP contribution is 2.43. The van der Waals surface area contributed by atoms with Crippen LogP contribution in [0.15, 0.2) is 12.3 Å². The van der Waals surface area contributed by atoms with Gasteiger partial charge in [-0.3, -0.25) is 0 Å². The fraction of sp³-hybridized carbons (Fsp3) is 0.789. The molecule has 6 heteroatoms. The van der Waals surface area contributed by atoms with Crippen molar-refractivity contribution in [1.82, 2.24) is 4.23 Å². The first-order valence-electron chi connectivity index (χ1n) is 9.51. The number of halogens is 1. The van der Waals surface area contributed by atoms with Crippen LogP contribution in [0.1, 0.15) is 69.2 Å². The van der Waals surface area contributed by atoms with Crippen LogP contribution in [0, 0.1) is 5.95 Å². The third kappa shape index (κ3) is 3.15. The van der Waals surface area contributed by atoms with Gasteiger partial charge in [0.15, 0.2) is 14.2 Å². The van der Waals surface area contributed by atoms with Gasteiger partial charge in [0.2, 0.25) is 0 Å². The van der Waals surface area contributed by atoms with Crippen LogP contribution in [-0.4, -0.2) is 30.8 Å². The molecule has 142 valence electrons. The van der Waals surface area contributed by atoms with Crippen molar-refractivity contribution in [2.45, 2.75) is 97.1 Å². The Balaban J connectivity index is 2.50. The zero-order valence-electron chi connectivity index (χ0n) is 17.6. The first-order chi connectivity index (χ1) is 11.3. The van der Waals surface area contributed by atoms with Gasteiger partial charge in [-0.2, -0.15) is 4.39 Å². The van der Waals surface area contributed by atoms with Crippen LogP contribution in [0.5, 0.6) is 0 Å². The van der Waals surface area contributed by atoms with Gasteiger partial charge in [0.05, 0.1) is 11.2 Å². The Morgan fingerprint density at radius 3 is 1.68 bits per heavy atom. The van der Waals surface area contributed by atoms with Crippen LogP contribution in [0.3, 0.4) is 0 Å². The molecule has 0 N–H and O–H groups in total. The predicted molar refractivity (Wildman–Crippen MR) is 107 cm³/mol. The van der Waals surface area contributed by atoms with E-state index in [0.717, 1.165) is 5.46 Å². The Bertz CT molecular complexity index is 587. The van der Waals surface area contributed by atoms with E-state index in [1.54, 1.807) is 6.07 Å². The van der Waals surface area contributed by atoms with Gasteiger partial charge >= 0.3 is 7.12 Å². The second-order valence-corrected chi connectivity index (χ2v) is 15.1. The normalized spacial score (nSPS) is 20.3. The minimum absolute atomic E-state index is 0.160. The molecule has 3 nitrogen and oxygen atoms in total. The van der Waals surface area contributed by atoms with E-state index in [-0.39, 0.29) is 5.95 Å². The molecule has 1 fully saturated rings. The van der Waals surface area contributed by atoms with Crippen LogP contribution >= 0.6 is 0 Å². The smallest absolute Gasteiger partial charge is 0.399 e. The molecular weight excluding hydrogens is 332 g/mol. The molecule has 0 atom stereocenters. The highest BCUT2D eigenvalue weighted by molar-refractivity contribution is 6.82. The van der Waals surface area contributed by atoms with Crippen LogP contribution in [0.2, 0.25) is 16.6 Å². The molecule has 0 saturated carbocycles. The lowest BCUT2D eigenvalue weighted by atomic mass is 9.81. The Morgan fingerprint density at radius 2 is 1.32 bits per heavy atom. The van der Waals surface area contributed by atoms with Gasteiger partial charge in [0.1, 0.15) is 0 Å². The molecule has 1 aromatic rings. The molecule has 25 heavy (non-hydrogen) atoms. The SMILES string of the molecule is CC(C)[Si](C(C)C)(C(C)C)n1cc(B2OC(C)(C)C(C)(C)O2)cc1F. The van der Waals surface area contributed by atoms with Crippen LogP contribution < -0.4 is 5.46 Å². The average molecular weight is 367 g/mol. The van der Waals surface area contributed by atoms with Gasteiger partial charge in [-0.25, -0.2) is 0 Å². The van der Waals surface area contributed by atoms with Gasteiger partial charge in [-0.1, -0.05) is 41.5 Å². The second kappa shape index (κ2) is 6.54. The second-order valence-electron chi connectivity index (χ2n) is 9.41. The summed E-state index contributed by atoms with van der Waals surface area (Å²) in [5, 5.41) is 0. The van der Waals surface area contributed by atoms with E-state index in [0.29, 0.717) is 16.6 Å². The summed E-state index contributed by atoms with van der Waals surface area (Å²) in [5.74, 6) is -0.160. The number of nitrogens with zero attached hydrogens (tertiary/aromatic N) is 1. The fourth-order valence-corrected chi connectivity index (χ4v) is 11.2. The quantitative estimate of drug-likeness (QED) is 0.688. The fourth-order valence-electron chi connectivity index (χ4n) is 4.69. The van der Waals surface area contributed by atoms with Crippen molar-refractivity contribution in [2.75, 3.05) is 0 Å². The molecule has 0 unspecified atom stereocenters. The molecule has 0 aromatic carbocycles. The third-order valence-corrected chi connectivity index (χ3v) is 13.2. The summed E-state index contributed by atoms with van der Waals surface area (Å²) < 4.78 is 29.3. The predicted octanol–water partition coefficient (Wildman–Crippen LogP) is 4.95. The first-order valence-corrected chi connectivity index (χ1v) is 11.7. The van der Waals surface area contributed by atoms with Crippen LogP contribution in [0.25, 0.3) is 0 Å². The lowest BCUT2D eigenvalue weighted by molar-refractivity contribution is 0.00578. The number of hydrogen-bond acceptors (Lipinski definition) is 2. The van der Waals surface area contributed by atoms with Gasteiger partial charge in [0.25, 0.3) is 0 Å². The molecule has 2 rings (SSSR count). The van der Waals surface area contributed by atoms with Gasteiger partial charge in [-0.05, 0) is 56.6 Å². The number of hydrogen-bond donors (Lipinski definition) is 0. The standard InChI is InChI=1S/C19H35BFNO2Si/c1-13(2)25(14(3)4,15(5)6)22-12-16(11-17(22)21)20-23-18(7,8)19(9,10)24-20/h11-15H,1-10H3. The van der Waals surface area contributed by atoms with E-state index in [2.05, 4.69) is 41.5 Å². The highest BCUT2D eigenvalue weighted by atomic mass is 28.3. The highest BCUT2D eigenvalue weighted by Gasteiger charge is 2.53. The molecule has 0 radical (unpaired) electrons. The lowest BCUT2D eigenvalue weighted by Crippen LogP contribution is -2.52. The molecule has 1 aromatic heterocycles. The van der Waals surface area contributed by atoms with Crippen molar-refractivity contribution in [3.8, 4) is 0 Å². The first kappa shape index (κ1) is 20.7. The molecule has 1 aliphatic rings. The zero-order valence-corrected chi connectivity index (χ0v) is 18.6. The largest absolute Gasteiger partial charge is 0.496 e.